The fourth-order valence-electron chi connectivity index (χ4n) is 6.27. The normalized spacial score (nSPS) is 16.7. The quantitative estimate of drug-likeness (QED) is 0.126. The molecule has 0 spiro atoms. The molecule has 1 saturated heterocycles. The fourth-order valence-corrected chi connectivity index (χ4v) is 7.61. The standard InChI is InChI=1S/C37H40ClN7O5S/c1-21-22(2)51-37-33(21)34(25-7-11-26(38)12-8-25)41-29(35-44-43-23(3)45(35)37)19-31(47)39-17-5-4-6-18-40-32(48)20-50-27-13-9-24(10-14-27)28-15-16-30(46)42-36(28)49/h7-14,28-29H,4-6,15-20H2,1-3H3,(H,39,47)(H,40,48)(H,42,46,49)/t28?,29-/m0/s1. The molecule has 4 amide bonds. The van der Waals surface area contributed by atoms with E-state index in [1.54, 1.807) is 35.6 Å². The molecule has 6 rings (SSSR count). The minimum atomic E-state index is -0.531. The number of aryl methyl sites for hydroxylation is 2. The van der Waals surface area contributed by atoms with Gasteiger partial charge in [0.2, 0.25) is 17.7 Å². The van der Waals surface area contributed by atoms with Crippen molar-refractivity contribution in [3.63, 3.8) is 0 Å². The van der Waals surface area contributed by atoms with E-state index in [-0.39, 0.29) is 42.6 Å². The van der Waals surface area contributed by atoms with Crippen LogP contribution in [0.3, 0.4) is 0 Å². The Morgan fingerprint density at radius 3 is 2.37 bits per heavy atom. The Morgan fingerprint density at radius 2 is 1.67 bits per heavy atom. The average molecular weight is 730 g/mol. The molecule has 2 aliphatic heterocycles. The monoisotopic (exact) mass is 729 g/mol. The summed E-state index contributed by atoms with van der Waals surface area (Å²) in [5, 5.41) is 18.7. The van der Waals surface area contributed by atoms with Crippen molar-refractivity contribution < 1.29 is 23.9 Å². The smallest absolute Gasteiger partial charge is 0.257 e. The van der Waals surface area contributed by atoms with Crippen molar-refractivity contribution in [2.24, 2.45) is 4.99 Å². The number of benzene rings is 2. The number of hydrogen-bond acceptors (Lipinski definition) is 9. The van der Waals surface area contributed by atoms with Crippen LogP contribution in [-0.4, -0.2) is 63.8 Å². The lowest BCUT2D eigenvalue weighted by Gasteiger charge is -2.21. The van der Waals surface area contributed by atoms with Crippen LogP contribution in [0.15, 0.2) is 53.5 Å². The summed E-state index contributed by atoms with van der Waals surface area (Å²) in [5.41, 5.74) is 4.68. The third-order valence-electron chi connectivity index (χ3n) is 9.13. The van der Waals surface area contributed by atoms with Crippen LogP contribution >= 0.6 is 22.9 Å². The molecule has 4 heterocycles. The number of aliphatic imine (C=N–C) groups is 1. The molecule has 51 heavy (non-hydrogen) atoms. The van der Waals surface area contributed by atoms with E-state index >= 15 is 0 Å². The summed E-state index contributed by atoms with van der Waals surface area (Å²) < 4.78 is 7.62. The van der Waals surface area contributed by atoms with Crippen molar-refractivity contribution in [2.75, 3.05) is 19.7 Å². The van der Waals surface area contributed by atoms with Gasteiger partial charge in [-0.1, -0.05) is 35.9 Å². The Kier molecular flexibility index (Phi) is 11.3. The molecule has 0 aliphatic carbocycles. The van der Waals surface area contributed by atoms with E-state index in [2.05, 4.69) is 40.0 Å². The SMILES string of the molecule is Cc1sc2c(c1C)C(c1ccc(Cl)cc1)=N[C@@H](CC(=O)NCCCCCNC(=O)COc1ccc(C3CCC(=O)NC3=O)cc1)c1nnc(C)n1-2. The van der Waals surface area contributed by atoms with Crippen molar-refractivity contribution in [1.29, 1.82) is 0 Å². The Balaban J connectivity index is 0.949. The number of carbonyl (C=O) groups excluding carboxylic acids is 4. The van der Waals surface area contributed by atoms with Crippen molar-refractivity contribution >= 4 is 52.3 Å². The maximum absolute atomic E-state index is 13.2. The number of ether oxygens (including phenoxy) is 1. The van der Waals surface area contributed by atoms with Crippen molar-refractivity contribution in [3.05, 3.63) is 92.3 Å². The summed E-state index contributed by atoms with van der Waals surface area (Å²) in [6.45, 7) is 6.97. The molecule has 1 unspecified atom stereocenters. The molecule has 4 aromatic rings. The highest BCUT2D eigenvalue weighted by Crippen LogP contribution is 2.39. The topological polar surface area (TPSA) is 157 Å². The van der Waals surface area contributed by atoms with Gasteiger partial charge in [0.05, 0.1) is 18.1 Å². The van der Waals surface area contributed by atoms with Crippen molar-refractivity contribution in [3.8, 4) is 10.8 Å². The number of piperidine rings is 1. The van der Waals surface area contributed by atoms with Crippen LogP contribution in [0.5, 0.6) is 5.75 Å². The number of rotatable bonds is 13. The van der Waals surface area contributed by atoms with Crippen LogP contribution in [0.25, 0.3) is 5.00 Å². The number of aromatic nitrogens is 3. The van der Waals surface area contributed by atoms with Gasteiger partial charge in [-0.25, -0.2) is 0 Å². The number of amides is 4. The van der Waals surface area contributed by atoms with Crippen LogP contribution in [0.4, 0.5) is 0 Å². The van der Waals surface area contributed by atoms with Gasteiger partial charge in [0.25, 0.3) is 5.91 Å². The number of nitrogens with one attached hydrogen (secondary N) is 3. The number of hydrogen-bond donors (Lipinski definition) is 3. The number of halogens is 1. The van der Waals surface area contributed by atoms with E-state index in [1.165, 1.54) is 4.88 Å². The first-order valence-corrected chi connectivity index (χ1v) is 18.2. The molecular weight excluding hydrogens is 690 g/mol. The van der Waals surface area contributed by atoms with Crippen molar-refractivity contribution in [1.82, 2.24) is 30.7 Å². The lowest BCUT2D eigenvalue weighted by atomic mass is 9.90. The Hall–Kier alpha value is -4.88. The van der Waals surface area contributed by atoms with Gasteiger partial charge in [-0.15, -0.1) is 21.5 Å². The molecule has 2 atom stereocenters. The second kappa shape index (κ2) is 16.0. The summed E-state index contributed by atoms with van der Waals surface area (Å²) in [6.07, 6.45) is 3.24. The highest BCUT2D eigenvalue weighted by Gasteiger charge is 2.32. The number of unbranched alkanes of at least 4 members (excludes halogenated alkanes) is 2. The summed E-state index contributed by atoms with van der Waals surface area (Å²) in [7, 11) is 0. The first-order valence-electron chi connectivity index (χ1n) is 17.0. The second-order valence-corrected chi connectivity index (χ2v) is 14.4. The van der Waals surface area contributed by atoms with Gasteiger partial charge in [-0.05, 0) is 81.8 Å². The molecule has 3 N–H and O–H groups in total. The van der Waals surface area contributed by atoms with Gasteiger partial charge in [-0.3, -0.25) is 34.1 Å². The van der Waals surface area contributed by atoms with Gasteiger partial charge in [0.15, 0.2) is 12.4 Å². The van der Waals surface area contributed by atoms with E-state index in [0.29, 0.717) is 42.5 Å². The summed E-state index contributed by atoms with van der Waals surface area (Å²) in [6, 6.07) is 14.1. The zero-order valence-electron chi connectivity index (χ0n) is 28.8. The van der Waals surface area contributed by atoms with E-state index in [9.17, 15) is 19.2 Å². The highest BCUT2D eigenvalue weighted by atomic mass is 35.5. The van der Waals surface area contributed by atoms with Crippen LogP contribution in [0.1, 0.15) is 89.3 Å². The molecular formula is C37H40ClN7O5S. The van der Waals surface area contributed by atoms with Gasteiger partial charge < -0.3 is 15.4 Å². The fraction of sp³-hybridized carbons (Fsp3) is 0.378. The predicted octanol–water partition coefficient (Wildman–Crippen LogP) is 5.19. The minimum Gasteiger partial charge on any atom is -0.484 e. The molecule has 14 heteroatoms. The van der Waals surface area contributed by atoms with Crippen molar-refractivity contribution in [2.45, 2.75) is 71.3 Å². The second-order valence-electron chi connectivity index (χ2n) is 12.7. The van der Waals surface area contributed by atoms with Gasteiger partial charge in [0.1, 0.15) is 22.6 Å². The highest BCUT2D eigenvalue weighted by molar-refractivity contribution is 7.15. The zero-order valence-corrected chi connectivity index (χ0v) is 30.3. The van der Waals surface area contributed by atoms with E-state index in [4.69, 9.17) is 21.3 Å². The largest absolute Gasteiger partial charge is 0.484 e. The Morgan fingerprint density at radius 1 is 0.961 bits per heavy atom. The van der Waals surface area contributed by atoms with Crippen LogP contribution in [0, 0.1) is 20.8 Å². The maximum atomic E-state index is 13.2. The molecule has 2 aliphatic rings. The number of thiophene rings is 1. The van der Waals surface area contributed by atoms with E-state index in [1.807, 2.05) is 35.8 Å². The Labute approximate surface area is 305 Å². The molecule has 0 bridgehead atoms. The molecule has 2 aromatic heterocycles. The predicted molar refractivity (Wildman–Crippen MR) is 195 cm³/mol. The first kappa shape index (κ1) is 35.9. The molecule has 0 radical (unpaired) electrons. The Bertz CT molecular complexity index is 1970. The molecule has 2 aromatic carbocycles. The lowest BCUT2D eigenvalue weighted by Crippen LogP contribution is -2.39. The lowest BCUT2D eigenvalue weighted by molar-refractivity contribution is -0.134. The summed E-state index contributed by atoms with van der Waals surface area (Å²) >= 11 is 7.87. The third-order valence-corrected chi connectivity index (χ3v) is 10.6. The summed E-state index contributed by atoms with van der Waals surface area (Å²) in [4.78, 5) is 55.3. The first-order chi connectivity index (χ1) is 24.6. The zero-order chi connectivity index (χ0) is 36.1. The molecule has 12 nitrogen and oxygen atoms in total. The third kappa shape index (κ3) is 8.37. The minimum absolute atomic E-state index is 0.123. The number of nitrogens with zero attached hydrogens (tertiary/aromatic N) is 4. The molecule has 0 saturated carbocycles. The molecule has 1 fully saturated rings. The average Bonchev–Trinajstić information content (AvgIpc) is 3.59. The van der Waals surface area contributed by atoms with Gasteiger partial charge >= 0.3 is 0 Å². The van der Waals surface area contributed by atoms with Crippen LogP contribution in [0.2, 0.25) is 5.02 Å². The molecule has 266 valence electrons. The van der Waals surface area contributed by atoms with Gasteiger partial charge in [0, 0.05) is 40.5 Å². The number of imide groups is 1. The number of carbonyl (C=O) groups is 4. The van der Waals surface area contributed by atoms with E-state index in [0.717, 1.165) is 58.1 Å². The summed E-state index contributed by atoms with van der Waals surface area (Å²) in [5.74, 6) is 0.629. The van der Waals surface area contributed by atoms with Crippen LogP contribution < -0.4 is 20.7 Å². The van der Waals surface area contributed by atoms with E-state index < -0.39 is 6.04 Å². The number of fused-ring (bicyclic) bond motifs is 3. The van der Waals surface area contributed by atoms with Crippen LogP contribution in [-0.2, 0) is 19.2 Å². The van der Waals surface area contributed by atoms with Gasteiger partial charge in [-0.2, -0.15) is 0 Å². The maximum Gasteiger partial charge on any atom is 0.257 e.